The smallest absolute Gasteiger partial charge is 0.256 e. The zero-order chi connectivity index (χ0) is 28.1. The Morgan fingerprint density at radius 1 is 0.895 bits per heavy atom. The third kappa shape index (κ3) is 6.71. The van der Waals surface area contributed by atoms with Crippen LogP contribution in [0.25, 0.3) is 0 Å². The molecule has 5 amide bonds. The molecule has 1 saturated heterocycles. The third-order valence-electron chi connectivity index (χ3n) is 7.12. The number of anilines is 1. The van der Waals surface area contributed by atoms with Crippen molar-refractivity contribution in [2.75, 3.05) is 18.9 Å². The number of para-hydroxylation sites is 1. The lowest BCUT2D eigenvalue weighted by atomic mass is 10.00. The lowest BCUT2D eigenvalue weighted by Crippen LogP contribution is -2.58. The number of likely N-dealkylation sites (N-methyl/N-ethyl adjacent to an activating group) is 1. The minimum atomic E-state index is -0.923. The lowest BCUT2D eigenvalue weighted by molar-refractivity contribution is -0.143. The van der Waals surface area contributed by atoms with Gasteiger partial charge in [-0.1, -0.05) is 39.8 Å². The Morgan fingerprint density at radius 2 is 1.55 bits per heavy atom. The Bertz CT molecular complexity index is 1070. The summed E-state index contributed by atoms with van der Waals surface area (Å²) >= 11 is 0. The Kier molecular flexibility index (Phi) is 9.51. The summed E-state index contributed by atoms with van der Waals surface area (Å²) in [4.78, 5) is 70.1. The van der Waals surface area contributed by atoms with Crippen molar-refractivity contribution in [2.45, 2.75) is 84.5 Å². The van der Waals surface area contributed by atoms with Crippen LogP contribution in [0.5, 0.6) is 0 Å². The van der Waals surface area contributed by atoms with Gasteiger partial charge in [0.1, 0.15) is 24.2 Å². The van der Waals surface area contributed by atoms with Crippen LogP contribution in [0.2, 0.25) is 0 Å². The molecule has 0 radical (unpaired) electrons. The number of nitrogens with one attached hydrogen (secondary N) is 3. The van der Waals surface area contributed by atoms with Gasteiger partial charge in [-0.05, 0) is 56.6 Å². The van der Waals surface area contributed by atoms with Gasteiger partial charge in [0.25, 0.3) is 5.91 Å². The summed E-state index contributed by atoms with van der Waals surface area (Å²) in [7, 11) is 1.58. The van der Waals surface area contributed by atoms with Crippen molar-refractivity contribution in [1.82, 2.24) is 20.4 Å². The van der Waals surface area contributed by atoms with Crippen LogP contribution in [0.1, 0.15) is 70.7 Å². The minimum Gasteiger partial charge on any atom is -0.343 e. The van der Waals surface area contributed by atoms with Crippen molar-refractivity contribution in [3.63, 3.8) is 0 Å². The maximum atomic E-state index is 13.7. The molecule has 1 aromatic rings. The number of hydrogen-bond donors (Lipinski definition) is 3. The van der Waals surface area contributed by atoms with E-state index in [0.717, 1.165) is 0 Å². The van der Waals surface area contributed by atoms with Gasteiger partial charge < -0.3 is 25.8 Å². The number of amides is 5. The molecule has 3 N–H and O–H groups in total. The van der Waals surface area contributed by atoms with Crippen molar-refractivity contribution in [3.05, 3.63) is 29.8 Å². The number of carbonyl (C=O) groups is 5. The molecule has 208 valence electrons. The minimum absolute atomic E-state index is 0.0962. The van der Waals surface area contributed by atoms with Crippen LogP contribution in [0, 0.1) is 11.8 Å². The molecule has 1 fully saturated rings. The molecule has 0 bridgehead atoms. The molecular weight excluding hydrogens is 486 g/mol. The van der Waals surface area contributed by atoms with Crippen molar-refractivity contribution in [3.8, 4) is 0 Å². The van der Waals surface area contributed by atoms with Crippen LogP contribution in [0.4, 0.5) is 5.69 Å². The number of carbonyl (C=O) groups excluding carboxylic acids is 5. The van der Waals surface area contributed by atoms with Gasteiger partial charge in [-0.25, -0.2) is 0 Å². The van der Waals surface area contributed by atoms with Gasteiger partial charge in [0.2, 0.25) is 23.6 Å². The molecule has 0 aliphatic carbocycles. The number of fused-ring (bicyclic) bond motifs is 2. The molecule has 2 heterocycles. The first-order valence-electron chi connectivity index (χ1n) is 13.5. The predicted molar refractivity (Wildman–Crippen MR) is 144 cm³/mol. The Morgan fingerprint density at radius 3 is 2.21 bits per heavy atom. The van der Waals surface area contributed by atoms with Gasteiger partial charge in [0.05, 0.1) is 11.3 Å². The van der Waals surface area contributed by atoms with E-state index in [1.807, 2.05) is 27.7 Å². The standard InChI is InChI=1S/C28H41N5O5/c1-16(2)14-21-25(35)30-20-11-8-7-10-19(20)27(37)33-13-9-12-22(33)28(38)32(6)23(15-17(3)4)26(36)29-18(5)24(34)31-21/h7-8,10-11,16-18,21-23H,9,12-15H2,1-6H3,(H,29,36)(H,30,35)(H,31,34)/t18-,21+,22+,23-/m1/s1. The molecule has 4 atom stereocenters. The molecule has 2 aliphatic heterocycles. The Balaban J connectivity index is 2.07. The molecule has 0 aromatic heterocycles. The highest BCUT2D eigenvalue weighted by atomic mass is 16.2. The van der Waals surface area contributed by atoms with Crippen molar-refractivity contribution in [2.24, 2.45) is 11.8 Å². The average molecular weight is 528 g/mol. The number of benzene rings is 1. The summed E-state index contributed by atoms with van der Waals surface area (Å²) in [5.74, 6) is -1.89. The topological polar surface area (TPSA) is 128 Å². The van der Waals surface area contributed by atoms with E-state index in [1.54, 1.807) is 38.2 Å². The molecule has 3 rings (SSSR count). The summed E-state index contributed by atoms with van der Waals surface area (Å²) in [6.45, 7) is 9.75. The number of hydrogen-bond acceptors (Lipinski definition) is 5. The first-order chi connectivity index (χ1) is 17.9. The van der Waals surface area contributed by atoms with Crippen LogP contribution < -0.4 is 16.0 Å². The van der Waals surface area contributed by atoms with E-state index >= 15 is 0 Å². The van der Waals surface area contributed by atoms with Gasteiger partial charge in [0, 0.05) is 13.6 Å². The fourth-order valence-corrected chi connectivity index (χ4v) is 5.07. The van der Waals surface area contributed by atoms with E-state index in [1.165, 1.54) is 9.80 Å². The van der Waals surface area contributed by atoms with E-state index in [9.17, 15) is 24.0 Å². The summed E-state index contributed by atoms with van der Waals surface area (Å²) in [6, 6.07) is 3.36. The van der Waals surface area contributed by atoms with E-state index in [2.05, 4.69) is 16.0 Å². The monoisotopic (exact) mass is 527 g/mol. The molecule has 0 unspecified atom stereocenters. The van der Waals surface area contributed by atoms with Crippen molar-refractivity contribution >= 4 is 35.2 Å². The van der Waals surface area contributed by atoms with E-state index in [0.29, 0.717) is 37.9 Å². The summed E-state index contributed by atoms with van der Waals surface area (Å²) in [5, 5.41) is 8.31. The van der Waals surface area contributed by atoms with E-state index in [-0.39, 0.29) is 29.2 Å². The quantitative estimate of drug-likeness (QED) is 0.553. The molecule has 38 heavy (non-hydrogen) atoms. The molecule has 2 aliphatic rings. The SMILES string of the molecule is CC(C)C[C@@H]1NC(=O)[C@@H](C)NC(=O)[C@@H](CC(C)C)N(C)C(=O)[C@@H]2CCCN2C(=O)c2ccccc2NC1=O. The van der Waals surface area contributed by atoms with Crippen LogP contribution in [-0.4, -0.2) is 77.1 Å². The van der Waals surface area contributed by atoms with E-state index in [4.69, 9.17) is 0 Å². The zero-order valence-electron chi connectivity index (χ0n) is 23.2. The second-order valence-corrected chi connectivity index (χ2v) is 11.2. The highest BCUT2D eigenvalue weighted by molar-refractivity contribution is 6.07. The highest BCUT2D eigenvalue weighted by Gasteiger charge is 2.40. The van der Waals surface area contributed by atoms with E-state index < -0.39 is 41.9 Å². The highest BCUT2D eigenvalue weighted by Crippen LogP contribution is 2.26. The van der Waals surface area contributed by atoms with Gasteiger partial charge in [-0.15, -0.1) is 0 Å². The molecule has 10 nitrogen and oxygen atoms in total. The first-order valence-corrected chi connectivity index (χ1v) is 13.5. The fraction of sp³-hybridized carbons (Fsp3) is 0.607. The number of rotatable bonds is 4. The van der Waals surface area contributed by atoms with Crippen LogP contribution in [0.3, 0.4) is 0 Å². The van der Waals surface area contributed by atoms with Crippen LogP contribution in [-0.2, 0) is 19.2 Å². The zero-order valence-corrected chi connectivity index (χ0v) is 23.2. The third-order valence-corrected chi connectivity index (χ3v) is 7.12. The molecule has 10 heteroatoms. The normalized spacial score (nSPS) is 25.7. The Hall–Kier alpha value is -3.43. The molecule has 0 saturated carbocycles. The largest absolute Gasteiger partial charge is 0.343 e. The lowest BCUT2D eigenvalue weighted by Gasteiger charge is -2.34. The second-order valence-electron chi connectivity index (χ2n) is 11.2. The summed E-state index contributed by atoms with van der Waals surface area (Å²) < 4.78 is 0. The van der Waals surface area contributed by atoms with Gasteiger partial charge in [-0.2, -0.15) is 0 Å². The average Bonchev–Trinajstić information content (AvgIpc) is 3.34. The van der Waals surface area contributed by atoms with Crippen LogP contribution >= 0.6 is 0 Å². The van der Waals surface area contributed by atoms with Crippen molar-refractivity contribution < 1.29 is 24.0 Å². The van der Waals surface area contributed by atoms with Gasteiger partial charge in [-0.3, -0.25) is 24.0 Å². The fourth-order valence-electron chi connectivity index (χ4n) is 5.07. The molecular formula is C28H41N5O5. The first kappa shape index (κ1) is 29.1. The van der Waals surface area contributed by atoms with Gasteiger partial charge >= 0.3 is 0 Å². The van der Waals surface area contributed by atoms with Crippen LogP contribution in [0.15, 0.2) is 24.3 Å². The summed E-state index contributed by atoms with van der Waals surface area (Å²) in [5.41, 5.74) is 0.595. The maximum absolute atomic E-state index is 13.7. The predicted octanol–water partition coefficient (Wildman–Crippen LogP) is 2.15. The molecule has 0 spiro atoms. The van der Waals surface area contributed by atoms with Crippen molar-refractivity contribution in [1.29, 1.82) is 0 Å². The Labute approximate surface area is 224 Å². The summed E-state index contributed by atoms with van der Waals surface area (Å²) in [6.07, 6.45) is 1.90. The second kappa shape index (κ2) is 12.4. The maximum Gasteiger partial charge on any atom is 0.256 e. The van der Waals surface area contributed by atoms with Gasteiger partial charge in [0.15, 0.2) is 0 Å². The number of nitrogens with zero attached hydrogens (tertiary/aromatic N) is 2. The molecule has 1 aromatic carbocycles.